The largest absolute Gasteiger partial charge is 0.309 e. The lowest BCUT2D eigenvalue weighted by atomic mass is 9.96. The first-order valence-electron chi connectivity index (χ1n) is 22.1. The monoisotopic (exact) mass is 669 g/mol. The van der Waals surface area contributed by atoms with Crippen LogP contribution >= 0.6 is 11.3 Å². The van der Waals surface area contributed by atoms with Crippen LogP contribution in [0.1, 0.15) is 17.8 Å². The Morgan fingerprint density at radius 3 is 1.88 bits per heavy atom. The smallest absolute Gasteiger partial charge is 0.166 e. The molecule has 0 unspecified atom stereocenters. The molecule has 234 valence electrons. The van der Waals surface area contributed by atoms with Crippen molar-refractivity contribution in [3.63, 3.8) is 0 Å². The van der Waals surface area contributed by atoms with Gasteiger partial charge in [-0.05, 0) is 47.5 Å². The topological polar surface area (TPSA) is 43.6 Å². The molecule has 7 aromatic carbocycles. The third-order valence-corrected chi connectivity index (χ3v) is 9.75. The van der Waals surface area contributed by atoms with E-state index in [9.17, 15) is 2.74 Å². The van der Waals surface area contributed by atoms with Gasteiger partial charge in [-0.2, -0.15) is 0 Å². The van der Waals surface area contributed by atoms with Crippen LogP contribution in [0.25, 0.3) is 93.0 Å². The predicted octanol–water partition coefficient (Wildman–Crippen LogP) is 12.0. The molecule has 4 nitrogen and oxygen atoms in total. The van der Waals surface area contributed by atoms with E-state index in [-0.39, 0.29) is 56.1 Å². The number of thiophene rings is 1. The summed E-state index contributed by atoms with van der Waals surface area (Å²) in [6.45, 7) is 0. The van der Waals surface area contributed by atoms with Gasteiger partial charge in [0, 0.05) is 47.6 Å². The molecule has 3 aromatic heterocycles. The first kappa shape index (κ1) is 18.4. The summed E-state index contributed by atoms with van der Waals surface area (Å²) in [5.74, 6) is -0.235. The Kier molecular flexibility index (Phi) is 4.27. The normalized spacial score (nSPS) is 15.2. The van der Waals surface area contributed by atoms with Crippen molar-refractivity contribution in [1.29, 1.82) is 0 Å². The number of hydrogen-bond donors (Lipinski definition) is 0. The van der Waals surface area contributed by atoms with E-state index in [4.69, 9.17) is 25.0 Å². The molecule has 0 radical (unpaired) electrons. The lowest BCUT2D eigenvalue weighted by Gasteiger charge is -2.16. The molecule has 0 bridgehead atoms. The molecule has 0 N–H and O–H groups in total. The van der Waals surface area contributed by atoms with Crippen LogP contribution in [-0.4, -0.2) is 19.5 Å². The first-order chi connectivity index (χ1) is 30.2. The number of nitrogens with zero attached hydrogens (tertiary/aromatic N) is 4. The van der Waals surface area contributed by atoms with Crippen molar-refractivity contribution in [3.05, 3.63) is 170 Å². The summed E-state index contributed by atoms with van der Waals surface area (Å²) in [5.41, 5.74) is 1.84. The van der Waals surface area contributed by atoms with Gasteiger partial charge in [-0.3, -0.25) is 0 Å². The molecule has 10 aromatic rings. The van der Waals surface area contributed by atoms with Gasteiger partial charge in [-0.15, -0.1) is 11.3 Å². The Balaban J connectivity index is 1.40. The third-order valence-electron chi connectivity index (χ3n) is 8.62. The molecule has 0 fully saturated rings. The van der Waals surface area contributed by atoms with Gasteiger partial charge in [0.15, 0.2) is 17.5 Å². The standard InChI is InChI=1S/C45H28N4S/c1-3-14-29(15-4-1)43-46-44(30-16-5-2-6-17-30)48-45(47-43)36-28-31(32-21-13-25-41-42(32)35-20-9-12-24-40(35)50-41)26-27-39(36)49-37-22-10-7-18-33(37)34-19-8-11-23-38(34)49/h1-28H/i1D,3D,4D,7D,8D,10D,11D,14D,15D,18D,19D,22D,23D. The van der Waals surface area contributed by atoms with E-state index in [0.29, 0.717) is 11.1 Å². The highest BCUT2D eigenvalue weighted by atomic mass is 32.1. The van der Waals surface area contributed by atoms with Crippen molar-refractivity contribution in [2.45, 2.75) is 0 Å². The van der Waals surface area contributed by atoms with E-state index in [0.717, 1.165) is 25.7 Å². The van der Waals surface area contributed by atoms with Crippen molar-refractivity contribution in [2.24, 2.45) is 0 Å². The van der Waals surface area contributed by atoms with Gasteiger partial charge < -0.3 is 4.57 Å². The van der Waals surface area contributed by atoms with Gasteiger partial charge in [0.2, 0.25) is 0 Å². The minimum Gasteiger partial charge on any atom is -0.309 e. The Hall–Kier alpha value is -6.43. The number of benzene rings is 7. The van der Waals surface area contributed by atoms with Crippen molar-refractivity contribution >= 4 is 53.3 Å². The minimum absolute atomic E-state index is 0.0680. The van der Waals surface area contributed by atoms with Crippen molar-refractivity contribution in [2.75, 3.05) is 0 Å². The van der Waals surface area contributed by atoms with Crippen LogP contribution in [0.5, 0.6) is 0 Å². The van der Waals surface area contributed by atoms with Crippen LogP contribution in [0.3, 0.4) is 0 Å². The maximum Gasteiger partial charge on any atom is 0.166 e. The Morgan fingerprint density at radius 1 is 0.460 bits per heavy atom. The van der Waals surface area contributed by atoms with Gasteiger partial charge in [0.25, 0.3) is 0 Å². The lowest BCUT2D eigenvalue weighted by Crippen LogP contribution is -2.04. The Bertz CT molecular complexity index is 3520. The molecule has 5 heteroatoms. The average molecular weight is 670 g/mol. The predicted molar refractivity (Wildman–Crippen MR) is 209 cm³/mol. The van der Waals surface area contributed by atoms with Gasteiger partial charge in [-0.1, -0.05) is 133 Å². The zero-order valence-electron chi connectivity index (χ0n) is 38.9. The molecule has 0 amide bonds. The lowest BCUT2D eigenvalue weighted by molar-refractivity contribution is 1.06. The fraction of sp³-hybridized carbons (Fsp3) is 0. The Morgan fingerprint density at radius 2 is 1.10 bits per heavy atom. The minimum atomic E-state index is -0.600. The molecular formula is C45H28N4S. The maximum absolute atomic E-state index is 9.23. The summed E-state index contributed by atoms with van der Waals surface area (Å²) in [6.07, 6.45) is 0. The number of hydrogen-bond acceptors (Lipinski definition) is 4. The van der Waals surface area contributed by atoms with E-state index >= 15 is 0 Å². The van der Waals surface area contributed by atoms with E-state index in [1.165, 1.54) is 4.57 Å². The number of fused-ring (bicyclic) bond motifs is 6. The highest BCUT2D eigenvalue weighted by Crippen LogP contribution is 2.43. The van der Waals surface area contributed by atoms with Gasteiger partial charge in [0.05, 0.1) is 34.5 Å². The number of rotatable bonds is 5. The summed E-state index contributed by atoms with van der Waals surface area (Å²) in [7, 11) is 0. The molecule has 0 saturated carbocycles. The second-order valence-corrected chi connectivity index (χ2v) is 12.5. The highest BCUT2D eigenvalue weighted by Gasteiger charge is 2.21. The molecule has 0 spiro atoms. The van der Waals surface area contributed by atoms with Crippen molar-refractivity contribution in [1.82, 2.24) is 19.5 Å². The second kappa shape index (κ2) is 11.6. The quantitative estimate of drug-likeness (QED) is 0.183. The van der Waals surface area contributed by atoms with Crippen LogP contribution < -0.4 is 0 Å². The fourth-order valence-corrected chi connectivity index (χ4v) is 7.57. The van der Waals surface area contributed by atoms with Gasteiger partial charge >= 0.3 is 0 Å². The number of para-hydroxylation sites is 2. The third kappa shape index (κ3) is 4.63. The maximum atomic E-state index is 9.23. The fourth-order valence-electron chi connectivity index (χ4n) is 6.44. The van der Waals surface area contributed by atoms with Crippen LogP contribution in [0.2, 0.25) is 0 Å². The molecular weight excluding hydrogens is 629 g/mol. The summed E-state index contributed by atoms with van der Waals surface area (Å²) in [6, 6.07) is 20.8. The summed E-state index contributed by atoms with van der Waals surface area (Å²) in [4.78, 5) is 14.5. The second-order valence-electron chi connectivity index (χ2n) is 11.5. The van der Waals surface area contributed by atoms with Crippen LogP contribution in [-0.2, 0) is 0 Å². The highest BCUT2D eigenvalue weighted by molar-refractivity contribution is 7.25. The van der Waals surface area contributed by atoms with Gasteiger partial charge in [-0.25, -0.2) is 15.0 Å². The zero-order chi connectivity index (χ0) is 44.3. The van der Waals surface area contributed by atoms with Crippen LogP contribution in [0.15, 0.2) is 170 Å². The van der Waals surface area contributed by atoms with E-state index in [2.05, 4.69) is 4.98 Å². The molecule has 10 rings (SSSR count). The SMILES string of the molecule is [2H]c1c([2H])c([2H])c(-c2nc(-c3ccccc3)nc(-c3cc(-c4cccc5sc6ccccc6c45)ccc3-n3c4c([2H])c([2H])c([2H])c([2H])c4c4c([2H])c([2H])c([2H])c([2H])c43)n2)c([2H])c1[2H]. The van der Waals surface area contributed by atoms with Crippen LogP contribution in [0, 0.1) is 0 Å². The number of aromatic nitrogens is 4. The Labute approximate surface area is 310 Å². The molecule has 50 heavy (non-hydrogen) atoms. The summed E-state index contributed by atoms with van der Waals surface area (Å²) in [5, 5.41) is 1.75. The first-order valence-corrected chi connectivity index (χ1v) is 16.5. The molecule has 0 atom stereocenters. The van der Waals surface area contributed by atoms with E-state index in [1.54, 1.807) is 53.8 Å². The van der Waals surface area contributed by atoms with Gasteiger partial charge in [0.1, 0.15) is 0 Å². The van der Waals surface area contributed by atoms with Crippen molar-refractivity contribution in [3.8, 4) is 51.0 Å². The van der Waals surface area contributed by atoms with Crippen molar-refractivity contribution < 1.29 is 17.8 Å². The molecule has 0 saturated heterocycles. The van der Waals surface area contributed by atoms with Crippen LogP contribution in [0.4, 0.5) is 0 Å². The molecule has 3 heterocycles. The zero-order valence-corrected chi connectivity index (χ0v) is 26.7. The molecule has 0 aliphatic heterocycles. The van der Waals surface area contributed by atoms with E-state index in [1.807, 2.05) is 48.5 Å². The molecule has 0 aliphatic rings. The summed E-state index contributed by atoms with van der Waals surface area (Å²) >= 11 is 1.63. The summed E-state index contributed by atoms with van der Waals surface area (Å²) < 4.78 is 118. The average Bonchev–Trinajstić information content (AvgIpc) is 3.87. The van der Waals surface area contributed by atoms with E-state index < -0.39 is 78.6 Å². The molecule has 0 aliphatic carbocycles.